The Balaban J connectivity index is 2.47. The van der Waals surface area contributed by atoms with Crippen LogP contribution in [0.3, 0.4) is 0 Å². The summed E-state index contributed by atoms with van der Waals surface area (Å²) < 4.78 is 6.46. The Morgan fingerprint density at radius 2 is 1.76 bits per heavy atom. The summed E-state index contributed by atoms with van der Waals surface area (Å²) in [5.74, 6) is 0.676. The number of carbonyl (C=O) groups excluding carboxylic acids is 1. The summed E-state index contributed by atoms with van der Waals surface area (Å²) in [4.78, 5) is 41.6. The predicted molar refractivity (Wildman–Crippen MR) is 114 cm³/mol. The van der Waals surface area contributed by atoms with Crippen LogP contribution in [-0.4, -0.2) is 29.1 Å². The van der Waals surface area contributed by atoms with Gasteiger partial charge in [0.2, 0.25) is 5.91 Å². The van der Waals surface area contributed by atoms with Crippen LogP contribution in [0.15, 0.2) is 33.9 Å². The molecule has 3 N–H and O–H groups in total. The Morgan fingerprint density at radius 1 is 1.14 bits per heavy atom. The molecule has 1 amide bonds. The highest BCUT2D eigenvalue weighted by Crippen LogP contribution is 2.21. The van der Waals surface area contributed by atoms with Gasteiger partial charge in [-0.3, -0.25) is 19.1 Å². The summed E-state index contributed by atoms with van der Waals surface area (Å²) in [6.07, 6.45) is 0.0961. The fourth-order valence-corrected chi connectivity index (χ4v) is 3.08. The van der Waals surface area contributed by atoms with E-state index in [1.54, 1.807) is 31.4 Å². The van der Waals surface area contributed by atoms with E-state index in [1.807, 2.05) is 27.7 Å². The van der Waals surface area contributed by atoms with Gasteiger partial charge in [0, 0.05) is 13.1 Å². The first-order valence-electron chi connectivity index (χ1n) is 9.69. The molecule has 0 aliphatic heterocycles. The number of carbonyl (C=O) groups is 1. The number of H-pyrrole nitrogens is 1. The lowest BCUT2D eigenvalue weighted by molar-refractivity contribution is -0.118. The minimum atomic E-state index is -0.656. The molecule has 0 spiro atoms. The van der Waals surface area contributed by atoms with Crippen molar-refractivity contribution in [2.24, 2.45) is 11.8 Å². The number of nitrogen functional groups attached to an aromatic ring is 1. The van der Waals surface area contributed by atoms with Gasteiger partial charge in [0.1, 0.15) is 11.6 Å². The molecule has 0 aliphatic rings. The molecule has 1 aromatic carbocycles. The van der Waals surface area contributed by atoms with Gasteiger partial charge >= 0.3 is 5.69 Å². The Hall–Kier alpha value is -3.03. The number of hydrogen-bond acceptors (Lipinski definition) is 5. The number of hydrogen-bond donors (Lipinski definition) is 2. The van der Waals surface area contributed by atoms with Crippen LogP contribution in [0.25, 0.3) is 0 Å². The second kappa shape index (κ2) is 9.45. The number of anilines is 2. The lowest BCUT2D eigenvalue weighted by atomic mass is 10.1. The van der Waals surface area contributed by atoms with Crippen molar-refractivity contribution >= 4 is 17.4 Å². The predicted octanol–water partition coefficient (Wildman–Crippen LogP) is 2.02. The van der Waals surface area contributed by atoms with Gasteiger partial charge in [-0.15, -0.1) is 0 Å². The molecule has 8 heteroatoms. The number of benzene rings is 1. The van der Waals surface area contributed by atoms with E-state index < -0.39 is 11.2 Å². The van der Waals surface area contributed by atoms with Gasteiger partial charge in [-0.1, -0.05) is 39.8 Å². The SMILES string of the molecule is COc1ccc(CC(=O)N(CC(C)C)c2c(N)n(CC(C)C)c(=O)[nH]c2=O)cc1. The average molecular weight is 402 g/mol. The molecule has 0 saturated heterocycles. The van der Waals surface area contributed by atoms with Crippen LogP contribution in [0.4, 0.5) is 11.5 Å². The average Bonchev–Trinajstić information content (AvgIpc) is 2.64. The summed E-state index contributed by atoms with van der Waals surface area (Å²) >= 11 is 0. The Kier molecular flexibility index (Phi) is 7.25. The van der Waals surface area contributed by atoms with E-state index in [4.69, 9.17) is 10.5 Å². The van der Waals surface area contributed by atoms with Crippen molar-refractivity contribution in [3.8, 4) is 5.75 Å². The molecule has 2 aromatic rings. The molecule has 0 unspecified atom stereocenters. The monoisotopic (exact) mass is 402 g/mol. The second-order valence-corrected chi connectivity index (χ2v) is 7.92. The molecule has 0 saturated carbocycles. The van der Waals surface area contributed by atoms with E-state index in [2.05, 4.69) is 4.98 Å². The van der Waals surface area contributed by atoms with Crippen molar-refractivity contribution in [1.29, 1.82) is 0 Å². The number of aromatic nitrogens is 2. The molecule has 2 rings (SSSR count). The number of nitrogens with two attached hydrogens (primary N) is 1. The number of nitrogens with one attached hydrogen (secondary N) is 1. The van der Waals surface area contributed by atoms with Crippen LogP contribution in [0, 0.1) is 11.8 Å². The standard InChI is InChI=1S/C21H30N4O4/c1-13(2)11-24(17(26)10-15-6-8-16(29-5)9-7-15)18-19(22)25(12-14(3)4)21(28)23-20(18)27/h6-9,13-14H,10-12,22H2,1-5H3,(H,23,27,28). The van der Waals surface area contributed by atoms with Crippen LogP contribution in [0.2, 0.25) is 0 Å². The van der Waals surface area contributed by atoms with E-state index in [0.717, 1.165) is 5.56 Å². The van der Waals surface area contributed by atoms with E-state index in [0.29, 0.717) is 18.8 Å². The van der Waals surface area contributed by atoms with Crippen molar-refractivity contribution in [2.45, 2.75) is 40.7 Å². The molecule has 0 radical (unpaired) electrons. The second-order valence-electron chi connectivity index (χ2n) is 7.92. The maximum absolute atomic E-state index is 13.1. The number of ether oxygens (including phenoxy) is 1. The third-order valence-electron chi connectivity index (χ3n) is 4.39. The molecular weight excluding hydrogens is 372 g/mol. The number of rotatable bonds is 8. The highest BCUT2D eigenvalue weighted by Gasteiger charge is 2.25. The summed E-state index contributed by atoms with van der Waals surface area (Å²) in [7, 11) is 1.58. The normalized spacial score (nSPS) is 11.1. The lowest BCUT2D eigenvalue weighted by Gasteiger charge is -2.26. The first kappa shape index (κ1) is 22.3. The molecule has 29 heavy (non-hydrogen) atoms. The molecule has 0 fully saturated rings. The largest absolute Gasteiger partial charge is 0.497 e. The smallest absolute Gasteiger partial charge is 0.330 e. The summed E-state index contributed by atoms with van der Waals surface area (Å²) in [5.41, 5.74) is 5.80. The zero-order valence-corrected chi connectivity index (χ0v) is 17.7. The Morgan fingerprint density at radius 3 is 2.28 bits per heavy atom. The zero-order valence-electron chi connectivity index (χ0n) is 17.7. The fraction of sp³-hybridized carbons (Fsp3) is 0.476. The number of nitrogens with zero attached hydrogens (tertiary/aromatic N) is 2. The van der Waals surface area contributed by atoms with Gasteiger partial charge < -0.3 is 15.4 Å². The number of methoxy groups -OCH3 is 1. The summed E-state index contributed by atoms with van der Waals surface area (Å²) in [6.45, 7) is 8.43. The highest BCUT2D eigenvalue weighted by atomic mass is 16.5. The lowest BCUT2D eigenvalue weighted by Crippen LogP contribution is -2.43. The van der Waals surface area contributed by atoms with Gasteiger partial charge in [-0.05, 0) is 29.5 Å². The van der Waals surface area contributed by atoms with E-state index in [9.17, 15) is 14.4 Å². The maximum Gasteiger partial charge on any atom is 0.330 e. The maximum atomic E-state index is 13.1. The molecule has 8 nitrogen and oxygen atoms in total. The van der Waals surface area contributed by atoms with E-state index in [-0.39, 0.29) is 35.7 Å². The van der Waals surface area contributed by atoms with Crippen molar-refractivity contribution in [1.82, 2.24) is 9.55 Å². The zero-order chi connectivity index (χ0) is 21.7. The topological polar surface area (TPSA) is 110 Å². The van der Waals surface area contributed by atoms with Crippen molar-refractivity contribution in [2.75, 3.05) is 24.3 Å². The van der Waals surface area contributed by atoms with Crippen LogP contribution in [0.5, 0.6) is 5.75 Å². The highest BCUT2D eigenvalue weighted by molar-refractivity contribution is 5.96. The first-order chi connectivity index (χ1) is 13.6. The van der Waals surface area contributed by atoms with E-state index >= 15 is 0 Å². The summed E-state index contributed by atoms with van der Waals surface area (Å²) in [6, 6.07) is 7.16. The van der Waals surface area contributed by atoms with Gasteiger partial charge in [0.25, 0.3) is 5.56 Å². The van der Waals surface area contributed by atoms with Crippen LogP contribution >= 0.6 is 0 Å². The van der Waals surface area contributed by atoms with Crippen molar-refractivity contribution in [3.63, 3.8) is 0 Å². The van der Waals surface area contributed by atoms with Gasteiger partial charge in [-0.2, -0.15) is 0 Å². The molecule has 158 valence electrons. The molecule has 0 aliphatic carbocycles. The molecule has 0 atom stereocenters. The van der Waals surface area contributed by atoms with Gasteiger partial charge in [0.05, 0.1) is 13.5 Å². The molecular formula is C21H30N4O4. The number of aromatic amines is 1. The molecule has 1 heterocycles. The first-order valence-corrected chi connectivity index (χ1v) is 9.69. The van der Waals surface area contributed by atoms with Crippen molar-refractivity contribution in [3.05, 3.63) is 50.7 Å². The third-order valence-corrected chi connectivity index (χ3v) is 4.39. The van der Waals surface area contributed by atoms with Crippen LogP contribution in [0.1, 0.15) is 33.3 Å². The molecule has 1 aromatic heterocycles. The quantitative estimate of drug-likeness (QED) is 0.702. The minimum absolute atomic E-state index is 0.0104. The van der Waals surface area contributed by atoms with Crippen molar-refractivity contribution < 1.29 is 9.53 Å². The van der Waals surface area contributed by atoms with Gasteiger partial charge in [0.15, 0.2) is 5.69 Å². The minimum Gasteiger partial charge on any atom is -0.497 e. The molecule has 0 bridgehead atoms. The Bertz CT molecular complexity index is 958. The van der Waals surface area contributed by atoms with E-state index in [1.165, 1.54) is 9.47 Å². The third kappa shape index (κ3) is 5.49. The Labute approximate surface area is 170 Å². The van der Waals surface area contributed by atoms with Crippen LogP contribution < -0.4 is 26.6 Å². The summed E-state index contributed by atoms with van der Waals surface area (Å²) in [5, 5.41) is 0. The van der Waals surface area contributed by atoms with Gasteiger partial charge in [-0.25, -0.2) is 4.79 Å². The fourth-order valence-electron chi connectivity index (χ4n) is 3.08. The number of amides is 1. The van der Waals surface area contributed by atoms with Crippen LogP contribution in [-0.2, 0) is 17.8 Å².